The number of rotatable bonds is 4. The summed E-state index contributed by atoms with van der Waals surface area (Å²) in [6.45, 7) is 2.54. The normalized spacial score (nSPS) is 32.0. The fraction of sp³-hybridized carbons (Fsp3) is 0.846. The predicted molar refractivity (Wildman–Crippen MR) is 76.7 cm³/mol. The molecule has 2 saturated heterocycles. The first kappa shape index (κ1) is 16.2. The number of carboxylic acids is 1. The Kier molecular flexibility index (Phi) is 4.57. The van der Waals surface area contributed by atoms with Crippen molar-refractivity contribution < 1.29 is 23.1 Å². The molecule has 0 aromatic rings. The van der Waals surface area contributed by atoms with Gasteiger partial charge >= 0.3 is 5.97 Å². The third kappa shape index (κ3) is 3.21. The monoisotopic (exact) mass is 318 g/mol. The zero-order valence-corrected chi connectivity index (χ0v) is 13.0. The Hall–Kier alpha value is -1.15. The Morgan fingerprint density at radius 3 is 2.71 bits per heavy atom. The highest BCUT2D eigenvalue weighted by Gasteiger charge is 2.48. The van der Waals surface area contributed by atoms with E-state index in [1.807, 2.05) is 0 Å². The van der Waals surface area contributed by atoms with E-state index in [4.69, 9.17) is 0 Å². The van der Waals surface area contributed by atoms with Crippen LogP contribution in [0.1, 0.15) is 32.6 Å². The van der Waals surface area contributed by atoms with E-state index in [-0.39, 0.29) is 23.8 Å². The van der Waals surface area contributed by atoms with Crippen LogP contribution in [0.3, 0.4) is 0 Å². The Balaban J connectivity index is 2.07. The van der Waals surface area contributed by atoms with Crippen molar-refractivity contribution >= 4 is 21.7 Å². The second kappa shape index (κ2) is 5.92. The number of carbonyl (C=O) groups is 2. The lowest BCUT2D eigenvalue weighted by molar-refractivity contribution is -0.157. The van der Waals surface area contributed by atoms with Crippen LogP contribution in [0.2, 0.25) is 0 Å². The molecule has 1 amide bonds. The molecule has 7 nitrogen and oxygen atoms in total. The summed E-state index contributed by atoms with van der Waals surface area (Å²) in [6, 6.07) is -0.416. The molecular weight excluding hydrogens is 296 g/mol. The number of carboxylic acid groups (broad SMARTS) is 1. The summed E-state index contributed by atoms with van der Waals surface area (Å²) in [5.74, 6) is -1.21. The molecule has 2 rings (SSSR count). The van der Waals surface area contributed by atoms with Crippen LogP contribution in [0.4, 0.5) is 0 Å². The van der Waals surface area contributed by atoms with Gasteiger partial charge in [0.15, 0.2) is 9.84 Å². The fourth-order valence-corrected chi connectivity index (χ4v) is 4.75. The van der Waals surface area contributed by atoms with Crippen molar-refractivity contribution in [1.29, 1.82) is 0 Å². The van der Waals surface area contributed by atoms with Crippen molar-refractivity contribution in [3.63, 3.8) is 0 Å². The second-order valence-electron chi connectivity index (χ2n) is 5.81. The number of likely N-dealkylation sites (tertiary alicyclic amines) is 1. The van der Waals surface area contributed by atoms with Gasteiger partial charge < -0.3 is 15.3 Å². The number of aliphatic carboxylic acids is 1. The van der Waals surface area contributed by atoms with Gasteiger partial charge in [0.2, 0.25) is 5.91 Å². The van der Waals surface area contributed by atoms with Gasteiger partial charge in [-0.15, -0.1) is 0 Å². The fourth-order valence-electron chi connectivity index (χ4n) is 3.30. The number of nitrogens with zero attached hydrogens (tertiary/aromatic N) is 1. The van der Waals surface area contributed by atoms with Crippen LogP contribution in [0.5, 0.6) is 0 Å². The maximum atomic E-state index is 12.4. The molecule has 8 heteroatoms. The molecule has 0 spiro atoms. The van der Waals surface area contributed by atoms with Crippen molar-refractivity contribution in [2.24, 2.45) is 0 Å². The van der Waals surface area contributed by atoms with E-state index in [1.54, 1.807) is 6.92 Å². The first-order valence-corrected chi connectivity index (χ1v) is 9.10. The number of sulfone groups is 1. The van der Waals surface area contributed by atoms with E-state index in [0.29, 0.717) is 32.4 Å². The molecule has 0 aliphatic carbocycles. The number of hydrogen-bond acceptors (Lipinski definition) is 5. The zero-order chi connectivity index (χ0) is 15.7. The van der Waals surface area contributed by atoms with Crippen LogP contribution >= 0.6 is 0 Å². The van der Waals surface area contributed by atoms with Crippen molar-refractivity contribution in [3.8, 4) is 0 Å². The minimum Gasteiger partial charge on any atom is -0.479 e. The third-order valence-electron chi connectivity index (χ3n) is 4.50. The molecule has 120 valence electrons. The van der Waals surface area contributed by atoms with Gasteiger partial charge in [-0.1, -0.05) is 6.92 Å². The summed E-state index contributed by atoms with van der Waals surface area (Å²) >= 11 is 0. The Morgan fingerprint density at radius 2 is 2.14 bits per heavy atom. The van der Waals surface area contributed by atoms with Crippen molar-refractivity contribution in [3.05, 3.63) is 0 Å². The number of carbonyl (C=O) groups excluding carboxylic acids is 1. The predicted octanol–water partition coefficient (Wildman–Crippen LogP) is -0.381. The number of nitrogens with one attached hydrogen (secondary N) is 1. The van der Waals surface area contributed by atoms with Crippen LogP contribution in [0, 0.1) is 0 Å². The van der Waals surface area contributed by atoms with Crippen LogP contribution in [0.25, 0.3) is 0 Å². The van der Waals surface area contributed by atoms with E-state index < -0.39 is 27.4 Å². The van der Waals surface area contributed by atoms with E-state index >= 15 is 0 Å². The smallest absolute Gasteiger partial charge is 0.329 e. The van der Waals surface area contributed by atoms with Gasteiger partial charge in [0.05, 0.1) is 11.5 Å². The van der Waals surface area contributed by atoms with Gasteiger partial charge in [-0.25, -0.2) is 13.2 Å². The topological polar surface area (TPSA) is 104 Å². The third-order valence-corrected chi connectivity index (χ3v) is 6.23. The van der Waals surface area contributed by atoms with Gasteiger partial charge in [-0.3, -0.25) is 4.79 Å². The molecule has 0 aromatic heterocycles. The maximum absolute atomic E-state index is 12.4. The van der Waals surface area contributed by atoms with E-state index in [0.717, 1.165) is 0 Å². The molecule has 2 aliphatic rings. The number of amides is 1. The average Bonchev–Trinajstić information content (AvgIpc) is 2.82. The zero-order valence-electron chi connectivity index (χ0n) is 12.2. The summed E-state index contributed by atoms with van der Waals surface area (Å²) in [6.07, 6.45) is 1.53. The lowest BCUT2D eigenvalue weighted by Gasteiger charge is -2.35. The Labute approximate surface area is 124 Å². The lowest BCUT2D eigenvalue weighted by atomic mass is 9.92. The number of hydrogen-bond donors (Lipinski definition) is 2. The second-order valence-corrected chi connectivity index (χ2v) is 8.04. The first-order chi connectivity index (χ1) is 9.81. The van der Waals surface area contributed by atoms with Crippen LogP contribution < -0.4 is 5.32 Å². The standard InChI is InChI=1S/C13H22N2O5S/c1-2-13(12(17)18)4-3-6-15(13)11(16)8-10-9-21(19,20)7-5-14-10/h10,14H,2-9H2,1H3,(H,17,18). The minimum atomic E-state index is -3.10. The minimum absolute atomic E-state index is 0.0360. The average molecular weight is 318 g/mol. The van der Waals surface area contributed by atoms with Gasteiger partial charge in [-0.2, -0.15) is 0 Å². The maximum Gasteiger partial charge on any atom is 0.329 e. The summed E-state index contributed by atoms with van der Waals surface area (Å²) in [5.41, 5.74) is -1.12. The van der Waals surface area contributed by atoms with Crippen LogP contribution in [-0.4, -0.2) is 66.5 Å². The highest BCUT2D eigenvalue weighted by molar-refractivity contribution is 7.91. The van der Waals surface area contributed by atoms with E-state index in [1.165, 1.54) is 4.90 Å². The highest BCUT2D eigenvalue weighted by atomic mass is 32.2. The molecule has 0 aromatic carbocycles. The molecule has 0 saturated carbocycles. The molecule has 2 fully saturated rings. The van der Waals surface area contributed by atoms with Crippen LogP contribution in [-0.2, 0) is 19.4 Å². The molecule has 2 heterocycles. The molecule has 21 heavy (non-hydrogen) atoms. The Morgan fingerprint density at radius 1 is 1.43 bits per heavy atom. The van der Waals surface area contributed by atoms with Crippen molar-refractivity contribution in [2.75, 3.05) is 24.6 Å². The van der Waals surface area contributed by atoms with Gasteiger partial charge in [0, 0.05) is 25.6 Å². The first-order valence-electron chi connectivity index (χ1n) is 7.28. The molecular formula is C13H22N2O5S. The molecule has 2 unspecified atom stereocenters. The quantitative estimate of drug-likeness (QED) is 0.732. The lowest BCUT2D eigenvalue weighted by Crippen LogP contribution is -2.55. The molecule has 0 radical (unpaired) electrons. The van der Waals surface area contributed by atoms with E-state index in [9.17, 15) is 23.1 Å². The van der Waals surface area contributed by atoms with Crippen LogP contribution in [0.15, 0.2) is 0 Å². The van der Waals surface area contributed by atoms with Crippen molar-refractivity contribution in [1.82, 2.24) is 10.2 Å². The molecule has 2 aliphatic heterocycles. The van der Waals surface area contributed by atoms with Crippen molar-refractivity contribution in [2.45, 2.75) is 44.2 Å². The molecule has 0 bridgehead atoms. The van der Waals surface area contributed by atoms with Gasteiger partial charge in [-0.05, 0) is 19.3 Å². The highest BCUT2D eigenvalue weighted by Crippen LogP contribution is 2.33. The van der Waals surface area contributed by atoms with Gasteiger partial charge in [0.1, 0.15) is 5.54 Å². The SMILES string of the molecule is CCC1(C(=O)O)CCCN1C(=O)CC1CS(=O)(=O)CCN1. The summed E-state index contributed by atoms with van der Waals surface area (Å²) in [5, 5.41) is 12.5. The summed E-state index contributed by atoms with van der Waals surface area (Å²) in [4.78, 5) is 25.4. The molecule has 2 N–H and O–H groups in total. The van der Waals surface area contributed by atoms with Gasteiger partial charge in [0.25, 0.3) is 0 Å². The molecule has 2 atom stereocenters. The largest absolute Gasteiger partial charge is 0.479 e. The Bertz CT molecular complexity index is 533. The summed E-state index contributed by atoms with van der Waals surface area (Å²) in [7, 11) is -3.10. The van der Waals surface area contributed by atoms with E-state index in [2.05, 4.69) is 5.32 Å². The summed E-state index contributed by atoms with van der Waals surface area (Å²) < 4.78 is 23.2.